The Balaban J connectivity index is 1.22. The molecule has 0 bridgehead atoms. The maximum atomic E-state index is 14.5. The fourth-order valence-corrected chi connectivity index (χ4v) is 8.10. The number of methoxy groups -OCH3 is 1. The number of halogens is 1. The molecule has 2 saturated heterocycles. The van der Waals surface area contributed by atoms with Crippen LogP contribution in [0.2, 0.25) is 0 Å². The first-order valence-corrected chi connectivity index (χ1v) is 14.4. The van der Waals surface area contributed by atoms with Gasteiger partial charge in [-0.25, -0.2) is 9.37 Å². The smallest absolute Gasteiger partial charge is 0.274 e. The maximum Gasteiger partial charge on any atom is 0.274 e. The zero-order valence-electron chi connectivity index (χ0n) is 23.1. The van der Waals surface area contributed by atoms with E-state index in [0.29, 0.717) is 37.4 Å². The molecule has 10 nitrogen and oxygen atoms in total. The molecule has 2 aromatic rings. The number of rotatable bonds is 6. The monoisotopic (exact) mass is 552 g/mol. The van der Waals surface area contributed by atoms with Crippen molar-refractivity contribution in [3.63, 3.8) is 0 Å². The van der Waals surface area contributed by atoms with Gasteiger partial charge in [-0.05, 0) is 76.2 Å². The van der Waals surface area contributed by atoms with E-state index in [4.69, 9.17) is 10.5 Å². The minimum Gasteiger partial charge on any atom is -0.481 e. The number of carbonyl (C=O) groups is 3. The molecule has 0 radical (unpaired) electrons. The minimum atomic E-state index is -0.551. The van der Waals surface area contributed by atoms with Crippen molar-refractivity contribution in [2.24, 2.45) is 23.5 Å². The van der Waals surface area contributed by atoms with Gasteiger partial charge in [-0.15, -0.1) is 0 Å². The number of hydrogen-bond donors (Lipinski definition) is 2. The SMILES string of the molecule is CCN1C(=O)CCC12CCC(C1CC13CC(C(N)=O)CCN3C(=O)c1cc(-c3cc(OC)ncc3F)[nH]n1)CC2. The van der Waals surface area contributed by atoms with Crippen LogP contribution < -0.4 is 10.5 Å². The van der Waals surface area contributed by atoms with Crippen LogP contribution in [0.5, 0.6) is 5.88 Å². The summed E-state index contributed by atoms with van der Waals surface area (Å²) in [6, 6.07) is 3.02. The summed E-state index contributed by atoms with van der Waals surface area (Å²) >= 11 is 0. The summed E-state index contributed by atoms with van der Waals surface area (Å²) in [4.78, 5) is 46.4. The summed E-state index contributed by atoms with van der Waals surface area (Å²) in [5, 5.41) is 7.05. The van der Waals surface area contributed by atoms with Crippen LogP contribution in [0, 0.1) is 23.6 Å². The molecule has 4 fully saturated rings. The number of amides is 3. The molecule has 3 unspecified atom stereocenters. The van der Waals surface area contributed by atoms with Crippen LogP contribution in [0.4, 0.5) is 4.39 Å². The van der Waals surface area contributed by atoms with Gasteiger partial charge in [0.25, 0.3) is 5.91 Å². The zero-order valence-corrected chi connectivity index (χ0v) is 23.1. The van der Waals surface area contributed by atoms with Gasteiger partial charge < -0.3 is 20.3 Å². The van der Waals surface area contributed by atoms with E-state index in [2.05, 4.69) is 27.0 Å². The summed E-state index contributed by atoms with van der Waals surface area (Å²) in [5.41, 5.74) is 6.09. The normalized spacial score (nSPS) is 31.7. The highest BCUT2D eigenvalue weighted by Crippen LogP contribution is 2.62. The van der Waals surface area contributed by atoms with Crippen LogP contribution >= 0.6 is 0 Å². The molecule has 4 aliphatic rings. The standard InChI is InChI=1S/C29H37FN6O4/c1-3-35-25(37)6-10-28(35)8-4-17(5-9-28)20-15-29(20)14-18(26(31)38)7-11-36(29)27(39)23-13-22(33-34-23)19-12-24(40-2)32-16-21(19)30/h12-13,16-18,20H,3-11,14-15H2,1-2H3,(H2,31,38)(H,33,34). The van der Waals surface area contributed by atoms with Crippen LogP contribution in [-0.4, -0.2) is 74.0 Å². The minimum absolute atomic E-state index is 0.0153. The number of aromatic nitrogens is 3. The van der Waals surface area contributed by atoms with Gasteiger partial charge in [-0.2, -0.15) is 5.10 Å². The summed E-state index contributed by atoms with van der Waals surface area (Å²) in [7, 11) is 1.45. The number of H-pyrrole nitrogens is 1. The number of likely N-dealkylation sites (tertiary alicyclic amines) is 2. The van der Waals surface area contributed by atoms with E-state index in [-0.39, 0.29) is 52.2 Å². The Hall–Kier alpha value is -3.50. The van der Waals surface area contributed by atoms with Gasteiger partial charge in [0.15, 0.2) is 11.5 Å². The second kappa shape index (κ2) is 9.85. The molecule has 3 atom stereocenters. The Morgan fingerprint density at radius 3 is 2.67 bits per heavy atom. The number of carbonyl (C=O) groups excluding carboxylic acids is 3. The molecule has 2 aliphatic carbocycles. The number of hydrogen-bond acceptors (Lipinski definition) is 6. The third-order valence-electron chi connectivity index (χ3n) is 10.2. The van der Waals surface area contributed by atoms with E-state index in [9.17, 15) is 18.8 Å². The van der Waals surface area contributed by atoms with Gasteiger partial charge in [-0.3, -0.25) is 19.5 Å². The number of piperidine rings is 1. The molecule has 40 heavy (non-hydrogen) atoms. The molecule has 2 aliphatic heterocycles. The molecule has 2 saturated carbocycles. The van der Waals surface area contributed by atoms with Gasteiger partial charge in [-0.1, -0.05) is 0 Å². The molecule has 3 N–H and O–H groups in total. The molecule has 11 heteroatoms. The lowest BCUT2D eigenvalue weighted by atomic mass is 9.72. The first-order valence-electron chi connectivity index (χ1n) is 14.4. The van der Waals surface area contributed by atoms with Crippen molar-refractivity contribution in [1.29, 1.82) is 0 Å². The zero-order chi connectivity index (χ0) is 28.2. The fraction of sp³-hybridized carbons (Fsp3) is 0.621. The Labute approximate surface area is 232 Å². The molecule has 3 amide bonds. The van der Waals surface area contributed by atoms with E-state index in [0.717, 1.165) is 51.3 Å². The van der Waals surface area contributed by atoms with Gasteiger partial charge in [0.1, 0.15) is 0 Å². The van der Waals surface area contributed by atoms with E-state index >= 15 is 0 Å². The first kappa shape index (κ1) is 26.7. The van der Waals surface area contributed by atoms with Gasteiger partial charge in [0, 0.05) is 48.1 Å². The van der Waals surface area contributed by atoms with Gasteiger partial charge >= 0.3 is 0 Å². The summed E-state index contributed by atoms with van der Waals surface area (Å²) in [6.45, 7) is 3.24. The number of nitrogens with two attached hydrogens (primary N) is 1. The van der Waals surface area contributed by atoms with Crippen molar-refractivity contribution >= 4 is 17.7 Å². The maximum absolute atomic E-state index is 14.5. The van der Waals surface area contributed by atoms with E-state index < -0.39 is 11.4 Å². The number of nitrogens with one attached hydrogen (secondary N) is 1. The molecule has 214 valence electrons. The highest BCUT2D eigenvalue weighted by molar-refractivity contribution is 5.94. The fourth-order valence-electron chi connectivity index (χ4n) is 8.10. The summed E-state index contributed by atoms with van der Waals surface area (Å²) < 4.78 is 19.6. The molecular formula is C29H37FN6O4. The average Bonchev–Trinajstić information content (AvgIpc) is 3.29. The number of primary amides is 1. The third kappa shape index (κ3) is 4.25. The second-order valence-electron chi connectivity index (χ2n) is 12.0. The predicted octanol–water partition coefficient (Wildman–Crippen LogP) is 3.29. The average molecular weight is 553 g/mol. The molecule has 6 rings (SSSR count). The van der Waals surface area contributed by atoms with Crippen LogP contribution in [-0.2, 0) is 9.59 Å². The summed E-state index contributed by atoms with van der Waals surface area (Å²) in [5.74, 6) is -0.123. The highest BCUT2D eigenvalue weighted by Gasteiger charge is 2.65. The first-order chi connectivity index (χ1) is 19.2. The van der Waals surface area contributed by atoms with E-state index in [1.54, 1.807) is 6.07 Å². The number of nitrogens with zero attached hydrogens (tertiary/aromatic N) is 4. The lowest BCUT2D eigenvalue weighted by Crippen LogP contribution is -2.52. The van der Waals surface area contributed by atoms with Gasteiger partial charge in [0.2, 0.25) is 17.7 Å². The molecule has 2 spiro atoms. The van der Waals surface area contributed by atoms with Crippen LogP contribution in [0.1, 0.15) is 75.2 Å². The molecule has 4 heterocycles. The van der Waals surface area contributed by atoms with E-state index in [1.165, 1.54) is 13.2 Å². The highest BCUT2D eigenvalue weighted by atomic mass is 19.1. The van der Waals surface area contributed by atoms with Crippen LogP contribution in [0.25, 0.3) is 11.3 Å². The van der Waals surface area contributed by atoms with Crippen molar-refractivity contribution in [2.45, 2.75) is 75.8 Å². The molecule has 2 aromatic heterocycles. The van der Waals surface area contributed by atoms with Crippen molar-refractivity contribution < 1.29 is 23.5 Å². The van der Waals surface area contributed by atoms with Gasteiger partial charge in [0.05, 0.1) is 19.0 Å². The van der Waals surface area contributed by atoms with E-state index in [1.807, 2.05) is 4.90 Å². The number of aromatic amines is 1. The Kier molecular flexibility index (Phi) is 6.58. The van der Waals surface area contributed by atoms with Crippen molar-refractivity contribution in [1.82, 2.24) is 25.0 Å². The Bertz CT molecular complexity index is 1340. The molecular weight excluding hydrogens is 515 g/mol. The largest absolute Gasteiger partial charge is 0.481 e. The number of ether oxygens (including phenoxy) is 1. The molecule has 0 aromatic carbocycles. The van der Waals surface area contributed by atoms with Crippen molar-refractivity contribution in [3.8, 4) is 17.1 Å². The lowest BCUT2D eigenvalue weighted by Gasteiger charge is -2.45. The lowest BCUT2D eigenvalue weighted by molar-refractivity contribution is -0.132. The van der Waals surface area contributed by atoms with Crippen molar-refractivity contribution in [3.05, 3.63) is 29.8 Å². The number of pyridine rings is 1. The Morgan fingerprint density at radius 1 is 1.20 bits per heavy atom. The van der Waals surface area contributed by atoms with Crippen LogP contribution in [0.3, 0.4) is 0 Å². The topological polar surface area (TPSA) is 135 Å². The van der Waals surface area contributed by atoms with Crippen LogP contribution in [0.15, 0.2) is 18.3 Å². The summed E-state index contributed by atoms with van der Waals surface area (Å²) in [6.07, 6.45) is 8.55. The second-order valence-corrected chi connectivity index (χ2v) is 12.0. The Morgan fingerprint density at radius 2 is 1.98 bits per heavy atom. The third-order valence-corrected chi connectivity index (χ3v) is 10.2. The van der Waals surface area contributed by atoms with Crippen molar-refractivity contribution in [2.75, 3.05) is 20.2 Å². The predicted molar refractivity (Wildman–Crippen MR) is 143 cm³/mol. The quantitative estimate of drug-likeness (QED) is 0.565.